The van der Waals surface area contributed by atoms with Crippen molar-refractivity contribution in [3.8, 4) is 16.9 Å². The maximum absolute atomic E-state index is 11.8. The molecule has 0 spiro atoms. The van der Waals surface area contributed by atoms with Crippen molar-refractivity contribution < 1.29 is 9.53 Å². The van der Waals surface area contributed by atoms with E-state index in [0.29, 0.717) is 23.2 Å². The van der Waals surface area contributed by atoms with Crippen LogP contribution < -0.4 is 15.8 Å². The molecule has 0 radical (unpaired) electrons. The Hall–Kier alpha value is -3.06. The molecule has 3 N–H and O–H groups in total. The molecular weight excluding hydrogens is 390 g/mol. The first kappa shape index (κ1) is 19.3. The first-order chi connectivity index (χ1) is 14.1. The van der Waals surface area contributed by atoms with Crippen molar-refractivity contribution in [3.63, 3.8) is 0 Å². The summed E-state index contributed by atoms with van der Waals surface area (Å²) in [5, 5.41) is 8.03. The van der Waals surface area contributed by atoms with E-state index < -0.39 is 5.91 Å². The maximum atomic E-state index is 11.8. The van der Waals surface area contributed by atoms with Gasteiger partial charge in [-0.2, -0.15) is 5.10 Å². The van der Waals surface area contributed by atoms with E-state index in [-0.39, 0.29) is 10.7 Å². The van der Waals surface area contributed by atoms with Gasteiger partial charge in [0, 0.05) is 23.5 Å². The van der Waals surface area contributed by atoms with Crippen LogP contribution in [0.5, 0.6) is 5.75 Å². The fourth-order valence-corrected chi connectivity index (χ4v) is 3.96. The summed E-state index contributed by atoms with van der Waals surface area (Å²) in [4.78, 5) is 15.7. The summed E-state index contributed by atoms with van der Waals surface area (Å²) < 4.78 is 7.76. The van der Waals surface area contributed by atoms with Gasteiger partial charge in [-0.25, -0.2) is 4.98 Å². The third-order valence-corrected chi connectivity index (χ3v) is 5.44. The number of nitrogens with zero attached hydrogens (tertiary/aromatic N) is 3. The minimum Gasteiger partial charge on any atom is -0.494 e. The summed E-state index contributed by atoms with van der Waals surface area (Å²) in [6, 6.07) is 7.79. The molecule has 29 heavy (non-hydrogen) atoms. The average molecular weight is 412 g/mol. The van der Waals surface area contributed by atoms with Gasteiger partial charge in [-0.3, -0.25) is 9.48 Å². The number of halogens is 1. The summed E-state index contributed by atoms with van der Waals surface area (Å²) in [6.45, 7) is 0. The van der Waals surface area contributed by atoms with Gasteiger partial charge < -0.3 is 15.8 Å². The molecule has 0 aliphatic heterocycles. The summed E-state index contributed by atoms with van der Waals surface area (Å²) in [5.41, 5.74) is 8.74. The second-order valence-corrected chi connectivity index (χ2v) is 7.46. The van der Waals surface area contributed by atoms with Crippen molar-refractivity contribution in [1.82, 2.24) is 14.8 Å². The van der Waals surface area contributed by atoms with E-state index in [1.807, 2.05) is 24.4 Å². The van der Waals surface area contributed by atoms with Crippen LogP contribution in [0, 0.1) is 0 Å². The minimum absolute atomic E-state index is 0.246. The lowest BCUT2D eigenvalue weighted by atomic mass is 10.1. The van der Waals surface area contributed by atoms with Gasteiger partial charge in [0.1, 0.15) is 10.9 Å². The Morgan fingerprint density at radius 1 is 1.28 bits per heavy atom. The van der Waals surface area contributed by atoms with Crippen LogP contribution in [0.3, 0.4) is 0 Å². The number of carbonyl (C=O) groups excluding carboxylic acids is 1. The number of hydrogen-bond acceptors (Lipinski definition) is 5. The predicted octanol–water partition coefficient (Wildman–Crippen LogP) is 4.56. The van der Waals surface area contributed by atoms with Crippen molar-refractivity contribution in [1.29, 1.82) is 0 Å². The molecule has 7 nitrogen and oxygen atoms in total. The number of nitrogens with two attached hydrogens (primary N) is 1. The van der Waals surface area contributed by atoms with Crippen molar-refractivity contribution in [2.45, 2.75) is 31.7 Å². The smallest absolute Gasteiger partial charge is 0.252 e. The molecule has 0 atom stereocenters. The van der Waals surface area contributed by atoms with Gasteiger partial charge in [-0.1, -0.05) is 36.6 Å². The van der Waals surface area contributed by atoms with Crippen molar-refractivity contribution in [3.05, 3.63) is 53.6 Å². The summed E-state index contributed by atoms with van der Waals surface area (Å²) in [6.07, 6.45) is 10.1. The summed E-state index contributed by atoms with van der Waals surface area (Å²) in [5.74, 6) is 0.0476. The van der Waals surface area contributed by atoms with Gasteiger partial charge in [0.25, 0.3) is 5.91 Å². The van der Waals surface area contributed by atoms with E-state index in [9.17, 15) is 4.79 Å². The van der Waals surface area contributed by atoms with Crippen LogP contribution in [0.1, 0.15) is 42.1 Å². The molecule has 0 bridgehead atoms. The average Bonchev–Trinajstić information content (AvgIpc) is 3.39. The van der Waals surface area contributed by atoms with Crippen LogP contribution in [-0.2, 0) is 0 Å². The molecular formula is C21H22ClN5O2. The molecule has 2 heterocycles. The molecule has 1 saturated carbocycles. The number of amides is 1. The van der Waals surface area contributed by atoms with E-state index in [4.69, 9.17) is 22.1 Å². The highest BCUT2D eigenvalue weighted by atomic mass is 35.5. The number of carbonyl (C=O) groups is 1. The van der Waals surface area contributed by atoms with Crippen LogP contribution in [-0.4, -0.2) is 27.8 Å². The molecule has 1 aliphatic carbocycles. The molecule has 4 rings (SSSR count). The number of primary amides is 1. The number of ether oxygens (including phenoxy) is 1. The van der Waals surface area contributed by atoms with Crippen molar-refractivity contribution in [2.75, 3.05) is 12.4 Å². The second kappa shape index (κ2) is 8.13. The van der Waals surface area contributed by atoms with E-state index in [0.717, 1.165) is 11.1 Å². The number of aromatic nitrogens is 3. The lowest BCUT2D eigenvalue weighted by Gasteiger charge is -2.16. The lowest BCUT2D eigenvalue weighted by molar-refractivity contribution is 0.100. The standard InChI is InChI=1S/C21H22ClN5O2/c1-29-20-15(13-10-25-27(12-13)14-5-2-3-6-14)7-4-8-17(20)26-18-9-19(22)24-11-16(18)21(23)28/h4,7-12,14H,2-3,5-6H2,1H3,(H2,23,28)(H,24,26). The number of methoxy groups -OCH3 is 1. The third kappa shape index (κ3) is 3.91. The Labute approximate surface area is 173 Å². The van der Waals surface area contributed by atoms with Crippen LogP contribution in [0.15, 0.2) is 42.9 Å². The number of para-hydroxylation sites is 1. The molecule has 0 saturated heterocycles. The van der Waals surface area contributed by atoms with Crippen LogP contribution in [0.25, 0.3) is 11.1 Å². The largest absolute Gasteiger partial charge is 0.494 e. The molecule has 0 unspecified atom stereocenters. The van der Waals surface area contributed by atoms with E-state index in [2.05, 4.69) is 26.3 Å². The van der Waals surface area contributed by atoms with Crippen LogP contribution in [0.4, 0.5) is 11.4 Å². The Morgan fingerprint density at radius 2 is 2.07 bits per heavy atom. The number of nitrogens with one attached hydrogen (secondary N) is 1. The zero-order valence-corrected chi connectivity index (χ0v) is 16.8. The number of pyridine rings is 1. The molecule has 1 aromatic carbocycles. The molecule has 1 amide bonds. The van der Waals surface area contributed by atoms with Crippen LogP contribution in [0.2, 0.25) is 5.15 Å². The van der Waals surface area contributed by atoms with Crippen LogP contribution >= 0.6 is 11.6 Å². The SMILES string of the molecule is COc1c(Nc2cc(Cl)ncc2C(N)=O)cccc1-c1cnn(C2CCCC2)c1. The number of anilines is 2. The molecule has 1 fully saturated rings. The van der Waals surface area contributed by atoms with Gasteiger partial charge in [0.15, 0.2) is 0 Å². The van der Waals surface area contributed by atoms with Gasteiger partial charge in [0.2, 0.25) is 0 Å². The van der Waals surface area contributed by atoms with Gasteiger partial charge >= 0.3 is 0 Å². The summed E-state index contributed by atoms with van der Waals surface area (Å²) in [7, 11) is 1.61. The molecule has 3 aromatic rings. The molecule has 8 heteroatoms. The molecule has 2 aromatic heterocycles. The number of rotatable bonds is 6. The highest BCUT2D eigenvalue weighted by molar-refractivity contribution is 6.29. The quantitative estimate of drug-likeness (QED) is 0.579. The minimum atomic E-state index is -0.593. The van der Waals surface area contributed by atoms with E-state index in [1.165, 1.54) is 31.9 Å². The Kier molecular flexibility index (Phi) is 5.40. The maximum Gasteiger partial charge on any atom is 0.252 e. The molecule has 1 aliphatic rings. The second-order valence-electron chi connectivity index (χ2n) is 7.08. The van der Waals surface area contributed by atoms with Gasteiger partial charge in [-0.15, -0.1) is 0 Å². The zero-order chi connectivity index (χ0) is 20.4. The predicted molar refractivity (Wildman–Crippen MR) is 113 cm³/mol. The Balaban J connectivity index is 1.70. The lowest BCUT2D eigenvalue weighted by Crippen LogP contribution is -2.14. The van der Waals surface area contributed by atoms with Crippen molar-refractivity contribution in [2.24, 2.45) is 5.73 Å². The van der Waals surface area contributed by atoms with E-state index in [1.54, 1.807) is 13.2 Å². The topological polar surface area (TPSA) is 95.1 Å². The molecule has 150 valence electrons. The number of hydrogen-bond donors (Lipinski definition) is 2. The fraction of sp³-hybridized carbons (Fsp3) is 0.286. The number of benzene rings is 1. The highest BCUT2D eigenvalue weighted by Crippen LogP contribution is 2.39. The van der Waals surface area contributed by atoms with E-state index >= 15 is 0 Å². The Morgan fingerprint density at radius 3 is 2.79 bits per heavy atom. The monoisotopic (exact) mass is 411 g/mol. The normalized spacial score (nSPS) is 14.1. The third-order valence-electron chi connectivity index (χ3n) is 5.24. The highest BCUT2D eigenvalue weighted by Gasteiger charge is 2.20. The fourth-order valence-electron chi connectivity index (χ4n) is 3.80. The zero-order valence-electron chi connectivity index (χ0n) is 16.1. The van der Waals surface area contributed by atoms with Crippen molar-refractivity contribution >= 4 is 28.9 Å². The first-order valence-corrected chi connectivity index (χ1v) is 9.88. The summed E-state index contributed by atoms with van der Waals surface area (Å²) >= 11 is 6.01. The Bertz CT molecular complexity index is 1040. The first-order valence-electron chi connectivity index (χ1n) is 9.50. The van der Waals surface area contributed by atoms with Gasteiger partial charge in [-0.05, 0) is 25.0 Å². The van der Waals surface area contributed by atoms with Gasteiger partial charge in [0.05, 0.1) is 36.3 Å².